The topological polar surface area (TPSA) is 127 Å². The summed E-state index contributed by atoms with van der Waals surface area (Å²) in [6.07, 6.45) is 2.85. The molecule has 11 heteroatoms. The molecule has 2 heterocycles. The van der Waals surface area contributed by atoms with Crippen molar-refractivity contribution in [2.75, 3.05) is 4.90 Å². The summed E-state index contributed by atoms with van der Waals surface area (Å²) in [5.74, 6) is -1.58. The summed E-state index contributed by atoms with van der Waals surface area (Å²) < 4.78 is 0.580. The Hall–Kier alpha value is -5.13. The number of thioether (sulfide) groups is 1. The van der Waals surface area contributed by atoms with Crippen LogP contribution in [0.5, 0.6) is 0 Å². The third-order valence-corrected chi connectivity index (χ3v) is 9.03. The van der Waals surface area contributed by atoms with E-state index in [1.165, 1.54) is 40.9 Å². The highest BCUT2D eigenvalue weighted by Crippen LogP contribution is 2.44. The minimum Gasteiger partial charge on any atom is -0.503 e. The van der Waals surface area contributed by atoms with E-state index in [9.17, 15) is 24.8 Å². The summed E-state index contributed by atoms with van der Waals surface area (Å²) in [5, 5.41) is 33.4. The first-order valence-corrected chi connectivity index (χ1v) is 14.9. The molecule has 0 bridgehead atoms. The summed E-state index contributed by atoms with van der Waals surface area (Å²) in [6.45, 7) is 0. The number of carbonyl (C=O) groups is 2. The molecular formula is C32H22N4O5S2. The molecule has 0 aliphatic carbocycles. The van der Waals surface area contributed by atoms with Crippen molar-refractivity contribution in [2.45, 2.75) is 16.1 Å². The van der Waals surface area contributed by atoms with Crippen LogP contribution in [-0.2, 0) is 15.3 Å². The molecule has 1 amide bonds. The van der Waals surface area contributed by atoms with Crippen molar-refractivity contribution >= 4 is 62.5 Å². The average molecular weight is 607 g/mol. The molecule has 43 heavy (non-hydrogen) atoms. The van der Waals surface area contributed by atoms with Crippen LogP contribution in [-0.4, -0.2) is 31.9 Å². The first-order chi connectivity index (χ1) is 20.9. The van der Waals surface area contributed by atoms with E-state index >= 15 is 0 Å². The fourth-order valence-electron chi connectivity index (χ4n) is 4.92. The highest BCUT2D eigenvalue weighted by molar-refractivity contribution is 8.00. The quantitative estimate of drug-likeness (QED) is 0.0620. The van der Waals surface area contributed by atoms with E-state index in [-0.39, 0.29) is 22.0 Å². The molecule has 5 aromatic rings. The van der Waals surface area contributed by atoms with Crippen LogP contribution in [0.4, 0.5) is 10.8 Å². The minimum atomic E-state index is -1.15. The number of hydrogen-bond acceptors (Lipinski definition) is 9. The van der Waals surface area contributed by atoms with E-state index in [4.69, 9.17) is 0 Å². The van der Waals surface area contributed by atoms with Crippen molar-refractivity contribution in [3.63, 3.8) is 0 Å². The third-order valence-electron chi connectivity index (χ3n) is 6.93. The van der Waals surface area contributed by atoms with E-state index < -0.39 is 28.4 Å². The number of nitro groups is 1. The van der Waals surface area contributed by atoms with Gasteiger partial charge in [0.2, 0.25) is 5.13 Å². The van der Waals surface area contributed by atoms with Crippen molar-refractivity contribution in [1.82, 2.24) is 10.2 Å². The molecule has 1 N–H and O–H groups in total. The molecule has 1 aliphatic heterocycles. The highest BCUT2D eigenvalue weighted by Gasteiger charge is 2.45. The van der Waals surface area contributed by atoms with Crippen LogP contribution in [0.2, 0.25) is 0 Å². The minimum absolute atomic E-state index is 0.156. The zero-order chi connectivity index (χ0) is 29.9. The molecule has 1 unspecified atom stereocenters. The summed E-state index contributed by atoms with van der Waals surface area (Å²) >= 11 is 2.59. The molecule has 0 radical (unpaired) electrons. The van der Waals surface area contributed by atoms with Crippen molar-refractivity contribution in [3.05, 3.63) is 141 Å². The molecule has 4 aromatic carbocycles. The van der Waals surface area contributed by atoms with Gasteiger partial charge >= 0.3 is 0 Å². The molecular weight excluding hydrogens is 585 g/mol. The number of aliphatic hydroxyl groups is 1. The van der Waals surface area contributed by atoms with E-state index in [1.54, 1.807) is 24.3 Å². The number of benzene rings is 4. The van der Waals surface area contributed by atoms with Crippen LogP contribution in [0.1, 0.15) is 22.7 Å². The maximum atomic E-state index is 13.5. The number of carbonyl (C=O) groups excluding carboxylic acids is 2. The lowest BCUT2D eigenvalue weighted by molar-refractivity contribution is -0.384. The Bertz CT molecular complexity index is 1930. The normalized spacial score (nSPS) is 15.1. The smallest absolute Gasteiger partial charge is 0.296 e. The van der Waals surface area contributed by atoms with Gasteiger partial charge in [-0.15, -0.1) is 10.2 Å². The molecule has 1 atom stereocenters. The van der Waals surface area contributed by atoms with Gasteiger partial charge in [0.1, 0.15) is 0 Å². The molecule has 6 rings (SSSR count). The lowest BCUT2D eigenvalue weighted by Gasteiger charge is -2.23. The lowest BCUT2D eigenvalue weighted by atomic mass is 9.95. The average Bonchev–Trinajstić information content (AvgIpc) is 3.61. The summed E-state index contributed by atoms with van der Waals surface area (Å²) in [4.78, 5) is 39.1. The molecule has 0 saturated carbocycles. The molecule has 0 fully saturated rings. The molecule has 212 valence electrons. The second-order valence-corrected chi connectivity index (χ2v) is 11.8. The third kappa shape index (κ3) is 5.68. The van der Waals surface area contributed by atoms with Gasteiger partial charge < -0.3 is 5.11 Å². The maximum Gasteiger partial charge on any atom is 0.296 e. The van der Waals surface area contributed by atoms with Crippen LogP contribution < -0.4 is 4.90 Å². The Morgan fingerprint density at radius 2 is 1.74 bits per heavy atom. The monoisotopic (exact) mass is 606 g/mol. The number of ketones is 1. The zero-order valence-corrected chi connectivity index (χ0v) is 24.0. The number of amides is 1. The molecule has 1 aliphatic rings. The van der Waals surface area contributed by atoms with Gasteiger partial charge in [-0.3, -0.25) is 24.6 Å². The first kappa shape index (κ1) is 28.0. The van der Waals surface area contributed by atoms with Gasteiger partial charge in [-0.25, -0.2) is 0 Å². The summed E-state index contributed by atoms with van der Waals surface area (Å²) in [5.41, 5.74) is 1.73. The number of hydrogen-bond donors (Lipinski definition) is 1. The van der Waals surface area contributed by atoms with Gasteiger partial charge in [0.25, 0.3) is 11.6 Å². The standard InChI is InChI=1S/C32H22N4O5S2/c37-26(17-16-20-8-2-1-3-9-20)27-28(22-12-7-14-24(18-22)36(40)41)35(30(39)29(27)38)31-33-34-32(43-31)42-19-23-13-6-11-21-10-4-5-15-25(21)23/h1-18,28,38H,19H2/b17-16+. The predicted octanol–water partition coefficient (Wildman–Crippen LogP) is 7.07. The molecule has 9 nitrogen and oxygen atoms in total. The van der Waals surface area contributed by atoms with Crippen LogP contribution in [0.25, 0.3) is 16.8 Å². The number of nitro benzene ring substituents is 1. The van der Waals surface area contributed by atoms with E-state index in [0.29, 0.717) is 10.1 Å². The van der Waals surface area contributed by atoms with Crippen molar-refractivity contribution in [3.8, 4) is 0 Å². The van der Waals surface area contributed by atoms with Gasteiger partial charge in [0.05, 0.1) is 16.5 Å². The van der Waals surface area contributed by atoms with Gasteiger partial charge in [0.15, 0.2) is 15.9 Å². The lowest BCUT2D eigenvalue weighted by Crippen LogP contribution is -2.30. The Morgan fingerprint density at radius 1 is 1.00 bits per heavy atom. The van der Waals surface area contributed by atoms with Gasteiger partial charge in [0, 0.05) is 17.9 Å². The number of allylic oxidation sites excluding steroid dienone is 1. The van der Waals surface area contributed by atoms with Crippen LogP contribution in [0.15, 0.2) is 119 Å². The molecule has 0 spiro atoms. The second-order valence-electron chi connectivity index (χ2n) is 9.58. The Labute approximate surface area is 254 Å². The Morgan fingerprint density at radius 3 is 2.56 bits per heavy atom. The van der Waals surface area contributed by atoms with Crippen molar-refractivity contribution in [2.24, 2.45) is 0 Å². The predicted molar refractivity (Wildman–Crippen MR) is 167 cm³/mol. The number of non-ortho nitro benzene ring substituents is 1. The van der Waals surface area contributed by atoms with Crippen molar-refractivity contribution < 1.29 is 19.6 Å². The number of aromatic nitrogens is 2. The fourth-order valence-corrected chi connectivity index (χ4v) is 6.79. The number of nitrogens with zero attached hydrogens (tertiary/aromatic N) is 4. The summed E-state index contributed by atoms with van der Waals surface area (Å²) in [7, 11) is 0. The number of anilines is 1. The van der Waals surface area contributed by atoms with E-state index in [1.807, 2.05) is 54.6 Å². The fraction of sp³-hybridized carbons (Fsp3) is 0.0625. The SMILES string of the molecule is O=C(/C=C/c1ccccc1)C1=C(O)C(=O)N(c2nnc(SCc3cccc4ccccc34)s2)C1c1cccc([N+](=O)[O-])c1. The largest absolute Gasteiger partial charge is 0.503 e. The van der Waals surface area contributed by atoms with E-state index in [2.05, 4.69) is 16.3 Å². The zero-order valence-electron chi connectivity index (χ0n) is 22.4. The summed E-state index contributed by atoms with van der Waals surface area (Å²) in [6, 6.07) is 27.8. The van der Waals surface area contributed by atoms with Crippen molar-refractivity contribution in [1.29, 1.82) is 0 Å². The molecule has 0 saturated heterocycles. The Kier molecular flexibility index (Phi) is 7.82. The van der Waals surface area contributed by atoms with Crippen LogP contribution >= 0.6 is 23.1 Å². The number of aliphatic hydroxyl groups excluding tert-OH is 1. The second kappa shape index (κ2) is 12.0. The van der Waals surface area contributed by atoms with Gasteiger partial charge in [-0.1, -0.05) is 114 Å². The highest BCUT2D eigenvalue weighted by atomic mass is 32.2. The Balaban J connectivity index is 1.33. The maximum absolute atomic E-state index is 13.5. The van der Waals surface area contributed by atoms with Gasteiger partial charge in [-0.2, -0.15) is 0 Å². The number of fused-ring (bicyclic) bond motifs is 1. The van der Waals surface area contributed by atoms with Crippen LogP contribution in [0.3, 0.4) is 0 Å². The molecule has 1 aromatic heterocycles. The van der Waals surface area contributed by atoms with E-state index in [0.717, 1.165) is 33.2 Å². The first-order valence-electron chi connectivity index (χ1n) is 13.1. The number of rotatable bonds is 9. The van der Waals surface area contributed by atoms with Crippen LogP contribution in [0, 0.1) is 10.1 Å². The van der Waals surface area contributed by atoms with Gasteiger partial charge in [-0.05, 0) is 33.5 Å².